The van der Waals surface area contributed by atoms with Crippen molar-refractivity contribution in [2.75, 3.05) is 11.9 Å². The Morgan fingerprint density at radius 1 is 1.24 bits per heavy atom. The summed E-state index contributed by atoms with van der Waals surface area (Å²) in [4.78, 5) is 29.4. The van der Waals surface area contributed by atoms with Gasteiger partial charge < -0.3 is 15.2 Å². The van der Waals surface area contributed by atoms with Gasteiger partial charge in [-0.1, -0.05) is 23.8 Å². The number of rotatable bonds is 5. The van der Waals surface area contributed by atoms with E-state index in [2.05, 4.69) is 22.2 Å². The molecule has 1 aromatic carbocycles. The van der Waals surface area contributed by atoms with Crippen molar-refractivity contribution in [3.8, 4) is 0 Å². The summed E-state index contributed by atoms with van der Waals surface area (Å²) in [6, 6.07) is 7.58. The second kappa shape index (κ2) is 7.34. The SMILES string of the molecule is C=CCNC(=O)c1nc(C(=O)Nc2ccc(C)cc2)c2n1CCCC2. The smallest absolute Gasteiger partial charge is 0.287 e. The normalized spacial score (nSPS) is 13.0. The predicted molar refractivity (Wildman–Crippen MR) is 96.8 cm³/mol. The number of nitrogens with zero attached hydrogens (tertiary/aromatic N) is 2. The minimum atomic E-state index is -0.280. The third kappa shape index (κ3) is 3.63. The maximum absolute atomic E-state index is 12.7. The average molecular weight is 338 g/mol. The molecule has 0 bridgehead atoms. The van der Waals surface area contributed by atoms with E-state index in [-0.39, 0.29) is 11.8 Å². The topological polar surface area (TPSA) is 76.0 Å². The lowest BCUT2D eigenvalue weighted by molar-refractivity contribution is 0.0942. The highest BCUT2D eigenvalue weighted by atomic mass is 16.2. The number of hydrogen-bond acceptors (Lipinski definition) is 3. The van der Waals surface area contributed by atoms with Crippen LogP contribution in [0.4, 0.5) is 5.69 Å². The summed E-state index contributed by atoms with van der Waals surface area (Å²) >= 11 is 0. The maximum Gasteiger partial charge on any atom is 0.287 e. The quantitative estimate of drug-likeness (QED) is 0.823. The molecule has 1 aliphatic rings. The Labute approximate surface area is 147 Å². The van der Waals surface area contributed by atoms with Gasteiger partial charge >= 0.3 is 0 Å². The third-order valence-corrected chi connectivity index (χ3v) is 4.25. The molecule has 2 amide bonds. The number of carbonyl (C=O) groups is 2. The van der Waals surface area contributed by atoms with Gasteiger partial charge in [0.05, 0.1) is 5.69 Å². The fraction of sp³-hybridized carbons (Fsp3) is 0.316. The fourth-order valence-corrected chi connectivity index (χ4v) is 2.97. The van der Waals surface area contributed by atoms with E-state index >= 15 is 0 Å². The van der Waals surface area contributed by atoms with Gasteiger partial charge in [-0.15, -0.1) is 6.58 Å². The second-order valence-corrected chi connectivity index (χ2v) is 6.16. The molecular formula is C19H22N4O2. The minimum Gasteiger partial charge on any atom is -0.346 e. The number of aromatic nitrogens is 2. The fourth-order valence-electron chi connectivity index (χ4n) is 2.97. The number of benzene rings is 1. The molecule has 0 saturated heterocycles. The van der Waals surface area contributed by atoms with E-state index in [4.69, 9.17) is 0 Å². The molecule has 2 heterocycles. The van der Waals surface area contributed by atoms with Crippen LogP contribution >= 0.6 is 0 Å². The second-order valence-electron chi connectivity index (χ2n) is 6.16. The van der Waals surface area contributed by atoms with Crippen LogP contribution in [0.25, 0.3) is 0 Å². The van der Waals surface area contributed by atoms with Gasteiger partial charge in [-0.3, -0.25) is 9.59 Å². The van der Waals surface area contributed by atoms with Crippen molar-refractivity contribution in [1.82, 2.24) is 14.9 Å². The molecule has 0 spiro atoms. The van der Waals surface area contributed by atoms with Crippen LogP contribution in [0.1, 0.15) is 45.2 Å². The van der Waals surface area contributed by atoms with Crippen LogP contribution < -0.4 is 10.6 Å². The molecule has 0 unspecified atom stereocenters. The number of amides is 2. The van der Waals surface area contributed by atoms with Crippen LogP contribution in [0.2, 0.25) is 0 Å². The molecule has 0 radical (unpaired) electrons. The summed E-state index contributed by atoms with van der Waals surface area (Å²) in [5.74, 6) is -0.264. The van der Waals surface area contributed by atoms with Crippen molar-refractivity contribution >= 4 is 17.5 Å². The summed E-state index contributed by atoms with van der Waals surface area (Å²) in [6.07, 6.45) is 4.33. The molecule has 0 saturated carbocycles. The number of hydrogen-bond donors (Lipinski definition) is 2. The molecule has 1 aliphatic heterocycles. The highest BCUT2D eigenvalue weighted by molar-refractivity contribution is 6.05. The zero-order valence-electron chi connectivity index (χ0n) is 14.3. The molecule has 2 N–H and O–H groups in total. The number of aryl methyl sites for hydroxylation is 1. The molecule has 3 rings (SSSR count). The van der Waals surface area contributed by atoms with Gasteiger partial charge in [0.1, 0.15) is 0 Å². The predicted octanol–water partition coefficient (Wildman–Crippen LogP) is 2.70. The lowest BCUT2D eigenvalue weighted by Gasteiger charge is -2.17. The van der Waals surface area contributed by atoms with E-state index in [9.17, 15) is 9.59 Å². The lowest BCUT2D eigenvalue weighted by Crippen LogP contribution is -2.28. The number of anilines is 1. The Morgan fingerprint density at radius 3 is 2.72 bits per heavy atom. The average Bonchev–Trinajstić information content (AvgIpc) is 3.01. The molecule has 130 valence electrons. The van der Waals surface area contributed by atoms with E-state index in [1.165, 1.54) is 0 Å². The van der Waals surface area contributed by atoms with Crippen LogP contribution in [0, 0.1) is 6.92 Å². The first-order valence-electron chi connectivity index (χ1n) is 8.46. The summed E-state index contributed by atoms with van der Waals surface area (Å²) in [5, 5.41) is 5.60. The van der Waals surface area contributed by atoms with Crippen LogP contribution in [-0.2, 0) is 13.0 Å². The Bertz CT molecular complexity index is 806. The van der Waals surface area contributed by atoms with E-state index in [1.807, 2.05) is 35.8 Å². The highest BCUT2D eigenvalue weighted by Crippen LogP contribution is 2.22. The molecular weight excluding hydrogens is 316 g/mol. The van der Waals surface area contributed by atoms with Crippen molar-refractivity contribution in [2.24, 2.45) is 0 Å². The lowest BCUT2D eigenvalue weighted by atomic mass is 10.1. The molecule has 25 heavy (non-hydrogen) atoms. The van der Waals surface area contributed by atoms with Gasteiger partial charge in [0, 0.05) is 18.8 Å². The zero-order valence-corrected chi connectivity index (χ0v) is 14.3. The van der Waals surface area contributed by atoms with Crippen molar-refractivity contribution in [3.05, 3.63) is 59.7 Å². The van der Waals surface area contributed by atoms with E-state index < -0.39 is 0 Å². The number of imidazole rings is 1. The Hall–Kier alpha value is -2.89. The van der Waals surface area contributed by atoms with Crippen molar-refractivity contribution < 1.29 is 9.59 Å². The molecule has 0 aliphatic carbocycles. The molecule has 0 atom stereocenters. The van der Waals surface area contributed by atoms with Crippen molar-refractivity contribution in [2.45, 2.75) is 32.7 Å². The minimum absolute atomic E-state index is 0.280. The first-order valence-corrected chi connectivity index (χ1v) is 8.46. The van der Waals surface area contributed by atoms with Crippen LogP contribution in [0.5, 0.6) is 0 Å². The number of nitrogens with one attached hydrogen (secondary N) is 2. The molecule has 0 fully saturated rings. The van der Waals surface area contributed by atoms with Gasteiger partial charge in [-0.2, -0.15) is 0 Å². The van der Waals surface area contributed by atoms with Gasteiger partial charge in [0.25, 0.3) is 11.8 Å². The van der Waals surface area contributed by atoms with E-state index in [1.54, 1.807) is 6.08 Å². The van der Waals surface area contributed by atoms with Gasteiger partial charge in [-0.25, -0.2) is 4.98 Å². The summed E-state index contributed by atoms with van der Waals surface area (Å²) in [5.41, 5.74) is 3.01. The Kier molecular flexibility index (Phi) is 4.97. The van der Waals surface area contributed by atoms with Gasteiger partial charge in [-0.05, 0) is 38.3 Å². The number of carbonyl (C=O) groups excluding carboxylic acids is 2. The summed E-state index contributed by atoms with van der Waals surface area (Å²) in [7, 11) is 0. The molecule has 2 aromatic rings. The van der Waals surface area contributed by atoms with E-state index in [0.29, 0.717) is 30.3 Å². The molecule has 1 aromatic heterocycles. The van der Waals surface area contributed by atoms with Crippen LogP contribution in [0.15, 0.2) is 36.9 Å². The first kappa shape index (κ1) is 17.0. The van der Waals surface area contributed by atoms with Crippen LogP contribution in [-0.4, -0.2) is 27.9 Å². The summed E-state index contributed by atoms with van der Waals surface area (Å²) < 4.78 is 1.87. The molecule has 6 heteroatoms. The standard InChI is InChI=1S/C19H22N4O2/c1-3-11-20-19(25)17-22-16(15-6-4-5-12-23(15)17)18(24)21-14-9-7-13(2)8-10-14/h3,7-10H,1,4-6,11-12H2,2H3,(H,20,25)(H,21,24). The van der Waals surface area contributed by atoms with Crippen molar-refractivity contribution in [1.29, 1.82) is 0 Å². The maximum atomic E-state index is 12.7. The molecule has 6 nitrogen and oxygen atoms in total. The zero-order chi connectivity index (χ0) is 17.8. The van der Waals surface area contributed by atoms with Gasteiger partial charge in [0.2, 0.25) is 0 Å². The first-order chi connectivity index (χ1) is 12.1. The van der Waals surface area contributed by atoms with Crippen molar-refractivity contribution in [3.63, 3.8) is 0 Å². The van der Waals surface area contributed by atoms with Gasteiger partial charge in [0.15, 0.2) is 11.5 Å². The number of fused-ring (bicyclic) bond motifs is 1. The Balaban J connectivity index is 1.88. The van der Waals surface area contributed by atoms with Crippen LogP contribution in [0.3, 0.4) is 0 Å². The monoisotopic (exact) mass is 338 g/mol. The Morgan fingerprint density at radius 2 is 2.00 bits per heavy atom. The summed E-state index contributed by atoms with van der Waals surface area (Å²) in [6.45, 7) is 6.66. The van der Waals surface area contributed by atoms with E-state index in [0.717, 1.165) is 30.5 Å². The third-order valence-electron chi connectivity index (χ3n) is 4.25. The largest absolute Gasteiger partial charge is 0.346 e. The highest BCUT2D eigenvalue weighted by Gasteiger charge is 2.27.